The van der Waals surface area contributed by atoms with E-state index < -0.39 is 5.91 Å². The lowest BCUT2D eigenvalue weighted by molar-refractivity contribution is -0.112. The number of carbonyl (C=O) groups is 1. The molecule has 0 fully saturated rings. The second-order valence-electron chi connectivity index (χ2n) is 7.25. The summed E-state index contributed by atoms with van der Waals surface area (Å²) < 4.78 is 12.1. The Labute approximate surface area is 196 Å². The Morgan fingerprint density at radius 2 is 1.88 bits per heavy atom. The van der Waals surface area contributed by atoms with Crippen LogP contribution in [-0.4, -0.2) is 13.0 Å². The van der Waals surface area contributed by atoms with Crippen LogP contribution in [0.5, 0.6) is 11.5 Å². The number of rotatable bonds is 7. The summed E-state index contributed by atoms with van der Waals surface area (Å²) in [6, 6.07) is 21.0. The Hall–Kier alpha value is -3.56. The van der Waals surface area contributed by atoms with Gasteiger partial charge in [-0.2, -0.15) is 5.26 Å². The third-order valence-electron chi connectivity index (χ3n) is 4.78. The van der Waals surface area contributed by atoms with Crippen LogP contribution in [0.2, 0.25) is 0 Å². The van der Waals surface area contributed by atoms with Crippen molar-refractivity contribution in [2.75, 3.05) is 12.4 Å². The van der Waals surface area contributed by atoms with Gasteiger partial charge in [0.05, 0.1) is 11.6 Å². The first-order valence-electron chi connectivity index (χ1n) is 9.96. The molecule has 0 saturated heterocycles. The van der Waals surface area contributed by atoms with E-state index in [1.807, 2.05) is 68.4 Å². The summed E-state index contributed by atoms with van der Waals surface area (Å²) in [6.45, 7) is 4.28. The molecule has 0 heterocycles. The largest absolute Gasteiger partial charge is 0.493 e. The molecule has 6 heteroatoms. The standard InChI is InChI=1S/C26H23BrN2O3/c1-17-9-10-23(18(2)11-17)29-26(30)21(15-28)12-20-13-22(27)25(24(14-20)31-3)32-16-19-7-5-4-6-8-19/h4-14H,16H2,1-3H3,(H,29,30)/b21-12-. The van der Waals surface area contributed by atoms with Crippen LogP contribution in [0.1, 0.15) is 22.3 Å². The average molecular weight is 491 g/mol. The Balaban J connectivity index is 1.83. The molecule has 0 unspecified atom stereocenters. The molecule has 0 aliphatic heterocycles. The number of anilines is 1. The van der Waals surface area contributed by atoms with Gasteiger partial charge in [-0.1, -0.05) is 48.0 Å². The van der Waals surface area contributed by atoms with Gasteiger partial charge in [-0.15, -0.1) is 0 Å². The number of methoxy groups -OCH3 is 1. The normalized spacial score (nSPS) is 10.9. The third kappa shape index (κ3) is 5.77. The molecule has 0 atom stereocenters. The van der Waals surface area contributed by atoms with Crippen LogP contribution in [0.3, 0.4) is 0 Å². The number of nitrogens with one attached hydrogen (secondary N) is 1. The minimum atomic E-state index is -0.473. The van der Waals surface area contributed by atoms with E-state index in [2.05, 4.69) is 21.2 Å². The number of ether oxygens (including phenoxy) is 2. The van der Waals surface area contributed by atoms with Gasteiger partial charge >= 0.3 is 0 Å². The molecule has 3 aromatic rings. The molecule has 0 radical (unpaired) electrons. The van der Waals surface area contributed by atoms with Crippen molar-refractivity contribution in [3.05, 3.63) is 93.0 Å². The van der Waals surface area contributed by atoms with Crippen LogP contribution in [-0.2, 0) is 11.4 Å². The molecule has 0 bridgehead atoms. The molecule has 0 aliphatic rings. The zero-order valence-corrected chi connectivity index (χ0v) is 19.7. The second-order valence-corrected chi connectivity index (χ2v) is 8.11. The van der Waals surface area contributed by atoms with Gasteiger partial charge in [-0.3, -0.25) is 4.79 Å². The summed E-state index contributed by atoms with van der Waals surface area (Å²) in [4.78, 5) is 12.7. The Morgan fingerprint density at radius 3 is 2.53 bits per heavy atom. The summed E-state index contributed by atoms with van der Waals surface area (Å²) in [6.07, 6.45) is 1.52. The Bertz CT molecular complexity index is 1200. The Morgan fingerprint density at radius 1 is 1.12 bits per heavy atom. The first-order chi connectivity index (χ1) is 15.4. The van der Waals surface area contributed by atoms with Gasteiger partial charge < -0.3 is 14.8 Å². The highest BCUT2D eigenvalue weighted by Gasteiger charge is 2.15. The molecule has 162 valence electrons. The predicted octanol–water partition coefficient (Wildman–Crippen LogP) is 6.20. The van der Waals surface area contributed by atoms with Crippen molar-refractivity contribution in [1.29, 1.82) is 5.26 Å². The molecule has 0 spiro atoms. The monoisotopic (exact) mass is 490 g/mol. The van der Waals surface area contributed by atoms with E-state index in [4.69, 9.17) is 9.47 Å². The van der Waals surface area contributed by atoms with Crippen LogP contribution in [0.4, 0.5) is 5.69 Å². The lowest BCUT2D eigenvalue weighted by atomic mass is 10.1. The fourth-order valence-electron chi connectivity index (χ4n) is 3.15. The van der Waals surface area contributed by atoms with Crippen LogP contribution in [0, 0.1) is 25.2 Å². The fraction of sp³-hybridized carbons (Fsp3) is 0.154. The molecular weight excluding hydrogens is 468 g/mol. The predicted molar refractivity (Wildman–Crippen MR) is 130 cm³/mol. The highest BCUT2D eigenvalue weighted by Crippen LogP contribution is 2.37. The maximum absolute atomic E-state index is 12.7. The quantitative estimate of drug-likeness (QED) is 0.316. The Kier molecular flexibility index (Phi) is 7.69. The third-order valence-corrected chi connectivity index (χ3v) is 5.37. The van der Waals surface area contributed by atoms with E-state index in [0.717, 1.165) is 16.7 Å². The minimum absolute atomic E-state index is 0.0168. The van der Waals surface area contributed by atoms with Gasteiger partial charge in [0, 0.05) is 5.69 Å². The topological polar surface area (TPSA) is 71.3 Å². The number of hydrogen-bond donors (Lipinski definition) is 1. The number of nitrogens with zero attached hydrogens (tertiary/aromatic N) is 1. The maximum atomic E-state index is 12.7. The van der Waals surface area contributed by atoms with Gasteiger partial charge in [0.2, 0.25) is 0 Å². The number of halogens is 1. The SMILES string of the molecule is COc1cc(/C=C(/C#N)C(=O)Nc2ccc(C)cc2C)cc(Br)c1OCc1ccccc1. The zero-order chi connectivity index (χ0) is 23.1. The van der Waals surface area contributed by atoms with E-state index in [0.29, 0.717) is 33.8 Å². The molecular formula is C26H23BrN2O3. The molecule has 0 saturated carbocycles. The van der Waals surface area contributed by atoms with E-state index in [1.54, 1.807) is 19.2 Å². The minimum Gasteiger partial charge on any atom is -0.493 e. The summed E-state index contributed by atoms with van der Waals surface area (Å²) in [5, 5.41) is 12.4. The summed E-state index contributed by atoms with van der Waals surface area (Å²) in [5.41, 5.74) is 4.35. The number of carbonyl (C=O) groups excluding carboxylic acids is 1. The first-order valence-corrected chi connectivity index (χ1v) is 10.7. The highest BCUT2D eigenvalue weighted by atomic mass is 79.9. The molecule has 5 nitrogen and oxygen atoms in total. The maximum Gasteiger partial charge on any atom is 0.266 e. The van der Waals surface area contributed by atoms with Crippen molar-refractivity contribution in [2.45, 2.75) is 20.5 Å². The summed E-state index contributed by atoms with van der Waals surface area (Å²) in [7, 11) is 1.54. The summed E-state index contributed by atoms with van der Waals surface area (Å²) in [5.74, 6) is 0.569. The van der Waals surface area contributed by atoms with Crippen LogP contribution in [0.15, 0.2) is 70.7 Å². The molecule has 3 aromatic carbocycles. The zero-order valence-electron chi connectivity index (χ0n) is 18.1. The second kappa shape index (κ2) is 10.7. The van der Waals surface area contributed by atoms with Gasteiger partial charge in [0.25, 0.3) is 5.91 Å². The lowest BCUT2D eigenvalue weighted by Gasteiger charge is -2.14. The van der Waals surface area contributed by atoms with Crippen molar-refractivity contribution >= 4 is 33.6 Å². The number of amides is 1. The van der Waals surface area contributed by atoms with Crippen molar-refractivity contribution in [2.24, 2.45) is 0 Å². The first kappa shape index (κ1) is 23.1. The smallest absolute Gasteiger partial charge is 0.266 e. The van der Waals surface area contributed by atoms with Gasteiger partial charge in [0.15, 0.2) is 11.5 Å². The van der Waals surface area contributed by atoms with Gasteiger partial charge in [-0.25, -0.2) is 0 Å². The lowest BCUT2D eigenvalue weighted by Crippen LogP contribution is -2.14. The molecule has 1 N–H and O–H groups in total. The van der Waals surface area contributed by atoms with E-state index >= 15 is 0 Å². The van der Waals surface area contributed by atoms with Crippen LogP contribution < -0.4 is 14.8 Å². The molecule has 3 rings (SSSR count). The number of hydrogen-bond acceptors (Lipinski definition) is 4. The average Bonchev–Trinajstić information content (AvgIpc) is 2.78. The fourth-order valence-corrected chi connectivity index (χ4v) is 3.73. The number of aryl methyl sites for hydroxylation is 2. The van der Waals surface area contributed by atoms with Crippen molar-refractivity contribution in [3.63, 3.8) is 0 Å². The van der Waals surface area contributed by atoms with Crippen molar-refractivity contribution in [1.82, 2.24) is 0 Å². The summed E-state index contributed by atoms with van der Waals surface area (Å²) >= 11 is 3.51. The molecule has 32 heavy (non-hydrogen) atoms. The number of nitriles is 1. The molecule has 1 amide bonds. The van der Waals surface area contributed by atoms with Gasteiger partial charge in [-0.05, 0) is 70.7 Å². The van der Waals surface area contributed by atoms with E-state index in [-0.39, 0.29) is 5.57 Å². The highest BCUT2D eigenvalue weighted by molar-refractivity contribution is 9.10. The van der Waals surface area contributed by atoms with E-state index in [9.17, 15) is 10.1 Å². The molecule has 0 aromatic heterocycles. The van der Waals surface area contributed by atoms with E-state index in [1.165, 1.54) is 6.08 Å². The van der Waals surface area contributed by atoms with Gasteiger partial charge in [0.1, 0.15) is 18.2 Å². The van der Waals surface area contributed by atoms with Crippen LogP contribution >= 0.6 is 15.9 Å². The molecule has 0 aliphatic carbocycles. The van der Waals surface area contributed by atoms with Crippen molar-refractivity contribution in [3.8, 4) is 17.6 Å². The van der Waals surface area contributed by atoms with Crippen LogP contribution in [0.25, 0.3) is 6.08 Å². The number of benzene rings is 3. The van der Waals surface area contributed by atoms with Crippen molar-refractivity contribution < 1.29 is 14.3 Å².